The Morgan fingerprint density at radius 1 is 1.06 bits per heavy atom. The zero-order valence-electron chi connectivity index (χ0n) is 17.2. The fourth-order valence-corrected chi connectivity index (χ4v) is 4.18. The number of alkyl halides is 3. The number of rotatable bonds is 4. The van der Waals surface area contributed by atoms with Crippen molar-refractivity contribution in [1.82, 2.24) is 4.98 Å². The number of anilines is 2. The highest BCUT2D eigenvalue weighted by atomic mass is 32.2. The summed E-state index contributed by atoms with van der Waals surface area (Å²) in [5.41, 5.74) is 1.69. The van der Waals surface area contributed by atoms with Crippen LogP contribution in [0.1, 0.15) is 21.6 Å². The Hall–Kier alpha value is -3.60. The maximum atomic E-state index is 13.1. The average molecular weight is 477 g/mol. The van der Waals surface area contributed by atoms with Crippen molar-refractivity contribution < 1.29 is 31.5 Å². The molecule has 11 heteroatoms. The van der Waals surface area contributed by atoms with Gasteiger partial charge in [-0.15, -0.1) is 0 Å². The zero-order chi connectivity index (χ0) is 24.0. The Balaban J connectivity index is 1.61. The number of nitrogens with one attached hydrogen (secondary N) is 1. The number of phenolic OH excluding ortho intramolecular Hbond substituents is 1. The first-order valence-electron chi connectivity index (χ1n) is 9.71. The van der Waals surface area contributed by atoms with Crippen LogP contribution >= 0.6 is 0 Å². The lowest BCUT2D eigenvalue weighted by atomic mass is 9.94. The molecule has 2 heterocycles. The fourth-order valence-electron chi connectivity index (χ4n) is 3.62. The summed E-state index contributed by atoms with van der Waals surface area (Å²) in [6.45, 7) is 0.295. The molecule has 7 nitrogen and oxygen atoms in total. The van der Waals surface area contributed by atoms with E-state index in [0.29, 0.717) is 35.3 Å². The van der Waals surface area contributed by atoms with E-state index >= 15 is 0 Å². The molecule has 1 aliphatic rings. The Kier molecular flexibility index (Phi) is 5.52. The van der Waals surface area contributed by atoms with E-state index in [9.17, 15) is 31.5 Å². The second kappa shape index (κ2) is 8.07. The molecule has 0 spiro atoms. The molecule has 0 saturated heterocycles. The van der Waals surface area contributed by atoms with Gasteiger partial charge >= 0.3 is 6.18 Å². The highest BCUT2D eigenvalue weighted by Gasteiger charge is 2.32. The molecule has 0 saturated carbocycles. The number of aromatic nitrogens is 1. The summed E-state index contributed by atoms with van der Waals surface area (Å²) < 4.78 is 63.5. The SMILES string of the molecule is CS(=O)(=O)Nc1cc(N2CCc3cc(-c4ccc(C(F)(F)F)nc4)ccc3C2=O)ccc1O. The van der Waals surface area contributed by atoms with Crippen molar-refractivity contribution in [2.45, 2.75) is 12.6 Å². The van der Waals surface area contributed by atoms with E-state index in [1.165, 1.54) is 29.2 Å². The number of hydrogen-bond acceptors (Lipinski definition) is 5. The van der Waals surface area contributed by atoms with Crippen molar-refractivity contribution in [2.24, 2.45) is 0 Å². The van der Waals surface area contributed by atoms with E-state index in [1.54, 1.807) is 18.2 Å². The number of fused-ring (bicyclic) bond motifs is 1. The number of nitrogens with zero attached hydrogens (tertiary/aromatic N) is 2. The topological polar surface area (TPSA) is 99.6 Å². The molecule has 1 amide bonds. The summed E-state index contributed by atoms with van der Waals surface area (Å²) in [7, 11) is -3.63. The second-order valence-corrected chi connectivity index (χ2v) is 9.33. The summed E-state index contributed by atoms with van der Waals surface area (Å²) in [5, 5.41) is 9.92. The average Bonchev–Trinajstić information content (AvgIpc) is 2.74. The minimum absolute atomic E-state index is 0.0428. The van der Waals surface area contributed by atoms with Crippen LogP contribution in [0.2, 0.25) is 0 Å². The van der Waals surface area contributed by atoms with Gasteiger partial charge in [-0.3, -0.25) is 14.5 Å². The Labute approximate surface area is 187 Å². The van der Waals surface area contributed by atoms with Crippen molar-refractivity contribution in [2.75, 3.05) is 22.4 Å². The van der Waals surface area contributed by atoms with Crippen molar-refractivity contribution in [3.05, 3.63) is 71.5 Å². The summed E-state index contributed by atoms with van der Waals surface area (Å²) in [4.78, 5) is 18.0. The van der Waals surface area contributed by atoms with Gasteiger partial charge in [0.2, 0.25) is 10.0 Å². The van der Waals surface area contributed by atoms with Gasteiger partial charge in [0.15, 0.2) is 0 Å². The zero-order valence-corrected chi connectivity index (χ0v) is 18.0. The highest BCUT2D eigenvalue weighted by Crippen LogP contribution is 2.34. The predicted octanol–water partition coefficient (Wildman–Crippen LogP) is 4.05. The monoisotopic (exact) mass is 477 g/mol. The molecule has 0 atom stereocenters. The van der Waals surface area contributed by atoms with E-state index in [4.69, 9.17) is 0 Å². The smallest absolute Gasteiger partial charge is 0.433 e. The van der Waals surface area contributed by atoms with Gasteiger partial charge in [-0.1, -0.05) is 18.2 Å². The molecule has 2 aromatic carbocycles. The van der Waals surface area contributed by atoms with Crippen molar-refractivity contribution in [1.29, 1.82) is 0 Å². The van der Waals surface area contributed by atoms with Gasteiger partial charge in [-0.05, 0) is 47.9 Å². The van der Waals surface area contributed by atoms with Crippen LogP contribution < -0.4 is 9.62 Å². The number of halogens is 3. The minimum atomic E-state index is -4.52. The fraction of sp³-hybridized carbons (Fsp3) is 0.182. The van der Waals surface area contributed by atoms with Crippen LogP contribution in [0.25, 0.3) is 11.1 Å². The molecule has 0 radical (unpaired) electrons. The predicted molar refractivity (Wildman–Crippen MR) is 117 cm³/mol. The first-order valence-corrected chi connectivity index (χ1v) is 11.6. The van der Waals surface area contributed by atoms with Crippen LogP contribution in [-0.4, -0.2) is 37.2 Å². The van der Waals surface area contributed by atoms with Gasteiger partial charge in [-0.25, -0.2) is 8.42 Å². The van der Waals surface area contributed by atoms with Gasteiger partial charge in [0.05, 0.1) is 11.9 Å². The largest absolute Gasteiger partial charge is 0.506 e. The number of carbonyl (C=O) groups excluding carboxylic acids is 1. The quantitative estimate of drug-likeness (QED) is 0.553. The molecule has 0 aliphatic carbocycles. The van der Waals surface area contributed by atoms with Crippen LogP contribution in [0, 0.1) is 0 Å². The number of sulfonamides is 1. The maximum Gasteiger partial charge on any atom is 0.433 e. The Morgan fingerprint density at radius 3 is 2.42 bits per heavy atom. The van der Waals surface area contributed by atoms with E-state index in [-0.39, 0.29) is 17.3 Å². The normalized spacial score (nSPS) is 14.2. The van der Waals surface area contributed by atoms with Crippen LogP contribution in [0.3, 0.4) is 0 Å². The molecule has 1 aromatic heterocycles. The van der Waals surface area contributed by atoms with Gasteiger partial charge in [0, 0.05) is 29.6 Å². The van der Waals surface area contributed by atoms with Crippen LogP contribution in [0.5, 0.6) is 5.75 Å². The van der Waals surface area contributed by atoms with E-state index < -0.39 is 21.9 Å². The number of aromatic hydroxyl groups is 1. The number of carbonyl (C=O) groups is 1. The summed E-state index contributed by atoms with van der Waals surface area (Å²) in [5.74, 6) is -0.590. The third-order valence-corrected chi connectivity index (χ3v) is 5.75. The van der Waals surface area contributed by atoms with Gasteiger partial charge < -0.3 is 10.0 Å². The molecule has 0 unspecified atom stereocenters. The number of benzene rings is 2. The summed E-state index contributed by atoms with van der Waals surface area (Å²) >= 11 is 0. The number of hydrogen-bond donors (Lipinski definition) is 2. The molecule has 0 bridgehead atoms. The first-order chi connectivity index (χ1) is 15.4. The van der Waals surface area contributed by atoms with E-state index in [2.05, 4.69) is 9.71 Å². The molecule has 0 fully saturated rings. The van der Waals surface area contributed by atoms with E-state index in [1.807, 2.05) is 0 Å². The summed E-state index contributed by atoms with van der Waals surface area (Å²) in [6, 6.07) is 11.4. The van der Waals surface area contributed by atoms with Crippen LogP contribution in [0.15, 0.2) is 54.7 Å². The molecule has 4 rings (SSSR count). The van der Waals surface area contributed by atoms with Gasteiger partial charge in [-0.2, -0.15) is 13.2 Å². The lowest BCUT2D eigenvalue weighted by Crippen LogP contribution is -2.37. The molecular formula is C22H18F3N3O4S. The molecule has 33 heavy (non-hydrogen) atoms. The molecular weight excluding hydrogens is 459 g/mol. The Bertz CT molecular complexity index is 1340. The molecule has 3 aromatic rings. The van der Waals surface area contributed by atoms with Crippen molar-refractivity contribution in [3.8, 4) is 16.9 Å². The third kappa shape index (κ3) is 4.77. The van der Waals surface area contributed by atoms with Crippen LogP contribution in [-0.2, 0) is 22.6 Å². The lowest BCUT2D eigenvalue weighted by molar-refractivity contribution is -0.141. The molecule has 2 N–H and O–H groups in total. The van der Waals surface area contributed by atoms with E-state index in [0.717, 1.165) is 24.1 Å². The summed E-state index contributed by atoms with van der Waals surface area (Å²) in [6.07, 6.45) is -1.95. The molecule has 172 valence electrons. The standard InChI is InChI=1S/C22H18F3N3O4S/c1-33(31,32)27-18-11-16(4-6-19(18)29)28-9-8-14-10-13(2-5-17(14)21(28)30)15-3-7-20(26-12-15)22(23,24)25/h2-7,10-12,27,29H,8-9H2,1H3. The lowest BCUT2D eigenvalue weighted by Gasteiger charge is -2.29. The maximum absolute atomic E-state index is 13.1. The number of amides is 1. The third-order valence-electron chi connectivity index (χ3n) is 5.16. The second-order valence-electron chi connectivity index (χ2n) is 7.58. The van der Waals surface area contributed by atoms with Gasteiger partial charge in [0.1, 0.15) is 11.4 Å². The number of pyridine rings is 1. The van der Waals surface area contributed by atoms with Crippen molar-refractivity contribution >= 4 is 27.3 Å². The first kappa shape index (κ1) is 22.6. The van der Waals surface area contributed by atoms with Crippen molar-refractivity contribution in [3.63, 3.8) is 0 Å². The molecule has 1 aliphatic heterocycles. The van der Waals surface area contributed by atoms with Crippen LogP contribution in [0.4, 0.5) is 24.5 Å². The number of phenols is 1. The Morgan fingerprint density at radius 2 is 1.79 bits per heavy atom. The highest BCUT2D eigenvalue weighted by molar-refractivity contribution is 7.92. The van der Waals surface area contributed by atoms with Gasteiger partial charge in [0.25, 0.3) is 5.91 Å². The minimum Gasteiger partial charge on any atom is -0.506 e.